The van der Waals surface area contributed by atoms with Crippen molar-refractivity contribution in [2.45, 2.75) is 26.7 Å². The van der Waals surface area contributed by atoms with Crippen LogP contribution in [0.4, 0.5) is 0 Å². The molecule has 0 spiro atoms. The largest absolute Gasteiger partial charge is 0.342 e. The molecule has 1 fully saturated rings. The quantitative estimate of drug-likeness (QED) is 0.937. The molecule has 0 atom stereocenters. The second-order valence-electron chi connectivity index (χ2n) is 5.88. The van der Waals surface area contributed by atoms with Crippen LogP contribution in [-0.2, 0) is 17.6 Å². The Hall–Kier alpha value is -1.88. The summed E-state index contributed by atoms with van der Waals surface area (Å²) in [5, 5.41) is 0. The zero-order chi connectivity index (χ0) is 15.5. The molecular weight excluding hydrogens is 276 g/mol. The third-order valence-corrected chi connectivity index (χ3v) is 4.46. The number of benzene rings is 1. The van der Waals surface area contributed by atoms with E-state index in [1.807, 2.05) is 17.0 Å². The first-order valence-corrected chi connectivity index (χ1v) is 8.17. The van der Waals surface area contributed by atoms with Crippen LogP contribution in [0.2, 0.25) is 0 Å². The van der Waals surface area contributed by atoms with Crippen molar-refractivity contribution in [1.29, 1.82) is 0 Å². The number of rotatable bonds is 4. The summed E-state index contributed by atoms with van der Waals surface area (Å²) in [5.41, 5.74) is 3.06. The summed E-state index contributed by atoms with van der Waals surface area (Å²) in [6.45, 7) is 8.99. The number of piperazine rings is 1. The summed E-state index contributed by atoms with van der Waals surface area (Å²) >= 11 is 0. The summed E-state index contributed by atoms with van der Waals surface area (Å²) in [7, 11) is 0. The Morgan fingerprint density at radius 3 is 2.68 bits per heavy atom. The van der Waals surface area contributed by atoms with Crippen LogP contribution in [0, 0.1) is 0 Å². The van der Waals surface area contributed by atoms with Crippen LogP contribution < -0.4 is 0 Å². The molecule has 5 nitrogen and oxygen atoms in total. The molecule has 1 saturated heterocycles. The smallest absolute Gasteiger partial charge is 0.227 e. The van der Waals surface area contributed by atoms with Gasteiger partial charge < -0.3 is 14.8 Å². The second-order valence-corrected chi connectivity index (χ2v) is 5.88. The number of hydrogen-bond donors (Lipinski definition) is 1. The lowest BCUT2D eigenvalue weighted by atomic mass is 10.1. The van der Waals surface area contributed by atoms with E-state index in [1.165, 1.54) is 0 Å². The van der Waals surface area contributed by atoms with Crippen LogP contribution in [-0.4, -0.2) is 58.4 Å². The predicted octanol–water partition coefficient (Wildman–Crippen LogP) is 1.83. The highest BCUT2D eigenvalue weighted by Gasteiger charge is 2.20. The number of fused-ring (bicyclic) bond motifs is 1. The van der Waals surface area contributed by atoms with Crippen LogP contribution in [0.3, 0.4) is 0 Å². The van der Waals surface area contributed by atoms with Crippen molar-refractivity contribution in [1.82, 2.24) is 19.8 Å². The predicted molar refractivity (Wildman–Crippen MR) is 87.9 cm³/mol. The number of likely N-dealkylation sites (N-methyl/N-ethyl adjacent to an activating group) is 1. The van der Waals surface area contributed by atoms with Gasteiger partial charge in [-0.05, 0) is 24.2 Å². The average Bonchev–Trinajstić information content (AvgIpc) is 2.97. The summed E-state index contributed by atoms with van der Waals surface area (Å²) in [6, 6.07) is 6.08. The Morgan fingerprint density at radius 2 is 2.00 bits per heavy atom. The Kier molecular flexibility index (Phi) is 4.43. The van der Waals surface area contributed by atoms with E-state index >= 15 is 0 Å². The van der Waals surface area contributed by atoms with E-state index in [4.69, 9.17) is 0 Å². The van der Waals surface area contributed by atoms with E-state index in [9.17, 15) is 4.79 Å². The number of hydrogen-bond acceptors (Lipinski definition) is 3. The molecule has 1 N–H and O–H groups in total. The number of imidazole rings is 1. The lowest BCUT2D eigenvalue weighted by Crippen LogP contribution is -2.48. The van der Waals surface area contributed by atoms with Gasteiger partial charge in [-0.3, -0.25) is 4.79 Å². The molecule has 1 aliphatic rings. The molecule has 1 aliphatic heterocycles. The van der Waals surface area contributed by atoms with Gasteiger partial charge in [0.25, 0.3) is 0 Å². The minimum Gasteiger partial charge on any atom is -0.342 e. The maximum absolute atomic E-state index is 12.4. The zero-order valence-corrected chi connectivity index (χ0v) is 13.4. The molecule has 3 rings (SSSR count). The summed E-state index contributed by atoms with van der Waals surface area (Å²) in [5.74, 6) is 1.22. The van der Waals surface area contributed by atoms with E-state index in [0.717, 1.165) is 61.6 Å². The number of aromatic amines is 1. The monoisotopic (exact) mass is 300 g/mol. The standard InChI is InChI=1S/C17H24N4O/c1-3-16-18-14-6-5-13(11-15(14)19-16)12-17(22)21-9-7-20(4-2)8-10-21/h5-6,11H,3-4,7-10,12H2,1-2H3,(H,18,19). The topological polar surface area (TPSA) is 52.2 Å². The fraction of sp³-hybridized carbons (Fsp3) is 0.529. The third kappa shape index (κ3) is 3.14. The van der Waals surface area contributed by atoms with Crippen molar-refractivity contribution >= 4 is 16.9 Å². The highest BCUT2D eigenvalue weighted by molar-refractivity contribution is 5.82. The minimum atomic E-state index is 0.227. The Bertz CT molecular complexity index is 656. The first kappa shape index (κ1) is 15.0. The number of carbonyl (C=O) groups excluding carboxylic acids is 1. The molecule has 0 aliphatic carbocycles. The van der Waals surface area contributed by atoms with Crippen LogP contribution in [0.25, 0.3) is 11.0 Å². The van der Waals surface area contributed by atoms with Crippen molar-refractivity contribution in [3.8, 4) is 0 Å². The lowest BCUT2D eigenvalue weighted by Gasteiger charge is -2.34. The number of aromatic nitrogens is 2. The summed E-state index contributed by atoms with van der Waals surface area (Å²) in [6.07, 6.45) is 1.37. The SMILES string of the molecule is CCc1nc2ccc(CC(=O)N3CCN(CC)CC3)cc2[nH]1. The second kappa shape index (κ2) is 6.48. The fourth-order valence-corrected chi connectivity index (χ4v) is 2.99. The Morgan fingerprint density at radius 1 is 1.23 bits per heavy atom. The van der Waals surface area contributed by atoms with E-state index in [-0.39, 0.29) is 5.91 Å². The molecule has 0 unspecified atom stereocenters. The molecule has 118 valence electrons. The Balaban J connectivity index is 1.66. The van der Waals surface area contributed by atoms with Gasteiger partial charge in [-0.25, -0.2) is 4.98 Å². The molecule has 0 saturated carbocycles. The van der Waals surface area contributed by atoms with E-state index in [1.54, 1.807) is 0 Å². The average molecular weight is 300 g/mol. The van der Waals surface area contributed by atoms with Crippen molar-refractivity contribution in [3.05, 3.63) is 29.6 Å². The molecule has 1 amide bonds. The van der Waals surface area contributed by atoms with Crippen LogP contribution in [0.1, 0.15) is 25.2 Å². The van der Waals surface area contributed by atoms with Crippen LogP contribution in [0.15, 0.2) is 18.2 Å². The van der Waals surface area contributed by atoms with E-state index in [2.05, 4.69) is 34.8 Å². The van der Waals surface area contributed by atoms with Crippen LogP contribution >= 0.6 is 0 Å². The van der Waals surface area contributed by atoms with Gasteiger partial charge in [-0.2, -0.15) is 0 Å². The number of amides is 1. The van der Waals surface area contributed by atoms with Gasteiger partial charge in [-0.15, -0.1) is 0 Å². The van der Waals surface area contributed by atoms with Gasteiger partial charge in [0.2, 0.25) is 5.91 Å². The highest BCUT2D eigenvalue weighted by atomic mass is 16.2. The third-order valence-electron chi connectivity index (χ3n) is 4.46. The number of aryl methyl sites for hydroxylation is 1. The number of carbonyl (C=O) groups is 1. The van der Waals surface area contributed by atoms with Gasteiger partial charge >= 0.3 is 0 Å². The molecule has 1 aromatic heterocycles. The summed E-state index contributed by atoms with van der Waals surface area (Å²) in [4.78, 5) is 24.6. The van der Waals surface area contributed by atoms with Crippen molar-refractivity contribution in [2.75, 3.05) is 32.7 Å². The molecule has 1 aromatic carbocycles. The van der Waals surface area contributed by atoms with Crippen molar-refractivity contribution in [3.63, 3.8) is 0 Å². The number of nitrogens with zero attached hydrogens (tertiary/aromatic N) is 3. The van der Waals surface area contributed by atoms with E-state index < -0.39 is 0 Å². The van der Waals surface area contributed by atoms with Gasteiger partial charge in [0.15, 0.2) is 0 Å². The molecule has 5 heteroatoms. The molecule has 2 heterocycles. The fourth-order valence-electron chi connectivity index (χ4n) is 2.99. The number of H-pyrrole nitrogens is 1. The molecular formula is C17H24N4O. The van der Waals surface area contributed by atoms with Gasteiger partial charge in [0.1, 0.15) is 5.82 Å². The van der Waals surface area contributed by atoms with E-state index in [0.29, 0.717) is 6.42 Å². The Labute approximate surface area is 131 Å². The van der Waals surface area contributed by atoms with Crippen molar-refractivity contribution in [2.24, 2.45) is 0 Å². The van der Waals surface area contributed by atoms with Gasteiger partial charge in [0, 0.05) is 32.6 Å². The first-order chi connectivity index (χ1) is 10.7. The molecule has 0 radical (unpaired) electrons. The minimum absolute atomic E-state index is 0.227. The normalized spacial score (nSPS) is 16.4. The molecule has 22 heavy (non-hydrogen) atoms. The first-order valence-electron chi connectivity index (χ1n) is 8.17. The number of nitrogens with one attached hydrogen (secondary N) is 1. The summed E-state index contributed by atoms with van der Waals surface area (Å²) < 4.78 is 0. The highest BCUT2D eigenvalue weighted by Crippen LogP contribution is 2.15. The van der Waals surface area contributed by atoms with Gasteiger partial charge in [-0.1, -0.05) is 19.9 Å². The zero-order valence-electron chi connectivity index (χ0n) is 13.4. The van der Waals surface area contributed by atoms with Crippen molar-refractivity contribution < 1.29 is 4.79 Å². The van der Waals surface area contributed by atoms with Crippen LogP contribution in [0.5, 0.6) is 0 Å². The molecule has 0 bridgehead atoms. The molecule has 2 aromatic rings. The van der Waals surface area contributed by atoms with Gasteiger partial charge in [0.05, 0.1) is 17.5 Å². The maximum Gasteiger partial charge on any atom is 0.227 e. The lowest BCUT2D eigenvalue weighted by molar-refractivity contribution is -0.132. The maximum atomic E-state index is 12.4.